The Balaban J connectivity index is 2.00. The van der Waals surface area contributed by atoms with Gasteiger partial charge in [-0.3, -0.25) is 0 Å². The van der Waals surface area contributed by atoms with Gasteiger partial charge in [-0.2, -0.15) is 5.26 Å². The number of ether oxygens (including phenoxy) is 2. The Hall–Kier alpha value is -1.73. The highest BCUT2D eigenvalue weighted by molar-refractivity contribution is 5.40. The average molecular weight is 219 g/mol. The summed E-state index contributed by atoms with van der Waals surface area (Å²) >= 11 is 0. The minimum absolute atomic E-state index is 0.322. The minimum Gasteiger partial charge on any atom is -0.486 e. The van der Waals surface area contributed by atoms with Crippen LogP contribution >= 0.6 is 0 Å². The number of fused-ring (bicyclic) bond motifs is 1. The van der Waals surface area contributed by atoms with Gasteiger partial charge in [0.05, 0.1) is 12.2 Å². The Bertz CT molecular complexity index is 399. The van der Waals surface area contributed by atoms with Crippen LogP contribution in [-0.2, 0) is 0 Å². The summed E-state index contributed by atoms with van der Waals surface area (Å²) in [7, 11) is 0. The molecule has 0 fully saturated rings. The van der Waals surface area contributed by atoms with Crippen molar-refractivity contribution in [2.45, 2.75) is 25.0 Å². The predicted molar refractivity (Wildman–Crippen MR) is 57.2 cm³/mol. The molecule has 0 bridgehead atoms. The molecule has 0 aliphatic carbocycles. The molecule has 0 saturated carbocycles. The summed E-state index contributed by atoms with van der Waals surface area (Å²) in [4.78, 5) is 0. The molecule has 0 spiro atoms. The third-order valence-electron chi connectivity index (χ3n) is 2.51. The third-order valence-corrected chi connectivity index (χ3v) is 2.51. The van der Waals surface area contributed by atoms with Crippen LogP contribution in [0.5, 0.6) is 11.5 Å². The van der Waals surface area contributed by atoms with Crippen molar-refractivity contribution in [1.82, 2.24) is 0 Å². The summed E-state index contributed by atoms with van der Waals surface area (Å²) in [6, 6.07) is 9.35. The zero-order chi connectivity index (χ0) is 11.4. The maximum absolute atomic E-state index is 9.77. The molecule has 2 rings (SSSR count). The van der Waals surface area contributed by atoms with E-state index in [1.807, 2.05) is 24.3 Å². The molecule has 1 aliphatic rings. The average Bonchev–Trinajstić information content (AvgIpc) is 2.35. The Labute approximate surface area is 94.0 Å². The summed E-state index contributed by atoms with van der Waals surface area (Å²) in [5.41, 5.74) is 0. The molecule has 0 radical (unpaired) electrons. The van der Waals surface area contributed by atoms with Gasteiger partial charge in [-0.15, -0.1) is 0 Å². The number of nitrogens with zero attached hydrogens (tertiary/aromatic N) is 1. The van der Waals surface area contributed by atoms with E-state index in [1.54, 1.807) is 6.07 Å². The molecule has 84 valence electrons. The first-order chi connectivity index (χ1) is 7.81. The molecule has 4 heteroatoms. The van der Waals surface area contributed by atoms with Crippen LogP contribution < -0.4 is 9.47 Å². The number of hydrogen-bond donors (Lipinski definition) is 1. The fourth-order valence-electron chi connectivity index (χ4n) is 1.62. The molecular weight excluding hydrogens is 206 g/mol. The largest absolute Gasteiger partial charge is 0.486 e. The Morgan fingerprint density at radius 3 is 2.94 bits per heavy atom. The van der Waals surface area contributed by atoms with Gasteiger partial charge in [-0.05, 0) is 18.6 Å². The summed E-state index contributed by atoms with van der Waals surface area (Å²) in [5, 5.41) is 18.2. The van der Waals surface area contributed by atoms with Crippen molar-refractivity contribution in [1.29, 1.82) is 5.26 Å². The van der Waals surface area contributed by atoms with Crippen LogP contribution in [0.15, 0.2) is 24.3 Å². The molecule has 1 aliphatic heterocycles. The molecule has 1 heterocycles. The van der Waals surface area contributed by atoms with Gasteiger partial charge in [0, 0.05) is 6.42 Å². The highest BCUT2D eigenvalue weighted by atomic mass is 16.6. The van der Waals surface area contributed by atoms with Crippen molar-refractivity contribution in [2.24, 2.45) is 0 Å². The second kappa shape index (κ2) is 4.86. The maximum atomic E-state index is 9.77. The van der Waals surface area contributed by atoms with Crippen molar-refractivity contribution in [3.8, 4) is 17.6 Å². The van der Waals surface area contributed by atoms with Gasteiger partial charge in [0.15, 0.2) is 17.6 Å². The van der Waals surface area contributed by atoms with E-state index in [2.05, 4.69) is 0 Å². The smallest absolute Gasteiger partial charge is 0.161 e. The fourth-order valence-corrected chi connectivity index (χ4v) is 1.62. The number of nitriles is 1. The van der Waals surface area contributed by atoms with Crippen LogP contribution in [0.4, 0.5) is 0 Å². The van der Waals surface area contributed by atoms with Crippen molar-refractivity contribution in [3.63, 3.8) is 0 Å². The molecule has 1 N–H and O–H groups in total. The highest BCUT2D eigenvalue weighted by Gasteiger charge is 2.26. The lowest BCUT2D eigenvalue weighted by Gasteiger charge is -2.29. The van der Waals surface area contributed by atoms with E-state index in [1.165, 1.54) is 0 Å². The van der Waals surface area contributed by atoms with Gasteiger partial charge >= 0.3 is 0 Å². The van der Waals surface area contributed by atoms with Crippen LogP contribution in [0.3, 0.4) is 0 Å². The van der Waals surface area contributed by atoms with Crippen LogP contribution in [0.1, 0.15) is 12.8 Å². The lowest BCUT2D eigenvalue weighted by Crippen LogP contribution is -2.39. The van der Waals surface area contributed by atoms with Crippen LogP contribution in [-0.4, -0.2) is 23.9 Å². The highest BCUT2D eigenvalue weighted by Crippen LogP contribution is 2.31. The topological polar surface area (TPSA) is 62.5 Å². The van der Waals surface area contributed by atoms with E-state index in [0.717, 1.165) is 0 Å². The van der Waals surface area contributed by atoms with Crippen LogP contribution in [0, 0.1) is 11.3 Å². The summed E-state index contributed by atoms with van der Waals surface area (Å²) in [6.07, 6.45) is -0.314. The predicted octanol–water partition coefficient (Wildman–Crippen LogP) is 1.49. The van der Waals surface area contributed by atoms with E-state index in [-0.39, 0.29) is 6.10 Å². The second-order valence-corrected chi connectivity index (χ2v) is 3.68. The van der Waals surface area contributed by atoms with Gasteiger partial charge in [0.2, 0.25) is 0 Å². The first kappa shape index (κ1) is 10.8. The van der Waals surface area contributed by atoms with Crippen molar-refractivity contribution in [3.05, 3.63) is 24.3 Å². The summed E-state index contributed by atoms with van der Waals surface area (Å²) < 4.78 is 11.1. The molecule has 0 amide bonds. The lowest BCUT2D eigenvalue weighted by molar-refractivity contribution is -0.0128. The third kappa shape index (κ3) is 2.26. The molecule has 16 heavy (non-hydrogen) atoms. The number of para-hydroxylation sites is 2. The molecule has 2 unspecified atom stereocenters. The molecule has 0 aromatic heterocycles. The van der Waals surface area contributed by atoms with Crippen LogP contribution in [0.2, 0.25) is 0 Å². The van der Waals surface area contributed by atoms with Gasteiger partial charge in [-0.25, -0.2) is 0 Å². The Morgan fingerprint density at radius 2 is 2.19 bits per heavy atom. The molecule has 0 saturated heterocycles. The van der Waals surface area contributed by atoms with E-state index in [4.69, 9.17) is 14.7 Å². The zero-order valence-electron chi connectivity index (χ0n) is 8.80. The van der Waals surface area contributed by atoms with E-state index in [9.17, 15) is 5.11 Å². The lowest BCUT2D eigenvalue weighted by atomic mass is 10.1. The van der Waals surface area contributed by atoms with Crippen LogP contribution in [0.25, 0.3) is 0 Å². The molecular formula is C12H13NO3. The quantitative estimate of drug-likeness (QED) is 0.836. The van der Waals surface area contributed by atoms with Gasteiger partial charge in [-0.1, -0.05) is 12.1 Å². The fraction of sp³-hybridized carbons (Fsp3) is 0.417. The summed E-state index contributed by atoms with van der Waals surface area (Å²) in [6.45, 7) is 0.323. The maximum Gasteiger partial charge on any atom is 0.161 e. The second-order valence-electron chi connectivity index (χ2n) is 3.68. The number of aliphatic hydroxyl groups excluding tert-OH is 1. The Morgan fingerprint density at radius 1 is 1.44 bits per heavy atom. The first-order valence-electron chi connectivity index (χ1n) is 5.25. The normalized spacial score (nSPS) is 19.9. The number of hydrogen-bond acceptors (Lipinski definition) is 4. The number of aliphatic hydroxyl groups is 1. The van der Waals surface area contributed by atoms with Crippen molar-refractivity contribution >= 4 is 0 Å². The Kier molecular flexibility index (Phi) is 3.28. The van der Waals surface area contributed by atoms with Crippen molar-refractivity contribution < 1.29 is 14.6 Å². The molecule has 1 aromatic rings. The minimum atomic E-state index is -0.659. The molecule has 2 atom stereocenters. The van der Waals surface area contributed by atoms with Gasteiger partial charge in [0.1, 0.15) is 6.61 Å². The standard InChI is InChI=1S/C12H13NO3/c13-7-3-4-9(14)12-8-15-10-5-1-2-6-11(10)16-12/h1-2,5-6,9,12,14H,3-4,8H2. The monoisotopic (exact) mass is 219 g/mol. The van der Waals surface area contributed by atoms with Crippen molar-refractivity contribution in [2.75, 3.05) is 6.61 Å². The summed E-state index contributed by atoms with van der Waals surface area (Å²) in [5.74, 6) is 1.35. The van der Waals surface area contributed by atoms with Gasteiger partial charge < -0.3 is 14.6 Å². The molecule has 4 nitrogen and oxygen atoms in total. The number of benzene rings is 1. The number of rotatable bonds is 3. The van der Waals surface area contributed by atoms with E-state index < -0.39 is 6.10 Å². The van der Waals surface area contributed by atoms with E-state index in [0.29, 0.717) is 30.9 Å². The molecule has 1 aromatic carbocycles. The first-order valence-corrected chi connectivity index (χ1v) is 5.25. The SMILES string of the molecule is N#CCCC(O)C1COc2ccccc2O1. The van der Waals surface area contributed by atoms with Gasteiger partial charge in [0.25, 0.3) is 0 Å². The zero-order valence-corrected chi connectivity index (χ0v) is 8.80. The van der Waals surface area contributed by atoms with E-state index >= 15 is 0 Å².